The molecule has 2 aromatic rings. The fourth-order valence-electron chi connectivity index (χ4n) is 4.11. The minimum atomic E-state index is -5.08. The van der Waals surface area contributed by atoms with E-state index in [0.717, 1.165) is 25.9 Å². The molecule has 2 unspecified atom stereocenters. The molecule has 2 aliphatic heterocycles. The van der Waals surface area contributed by atoms with Crippen molar-refractivity contribution in [3.05, 3.63) is 22.5 Å². The van der Waals surface area contributed by atoms with Crippen LogP contribution < -0.4 is 9.47 Å². The van der Waals surface area contributed by atoms with Crippen LogP contribution in [0, 0.1) is 0 Å². The van der Waals surface area contributed by atoms with Crippen molar-refractivity contribution in [2.24, 2.45) is 24.4 Å². The van der Waals surface area contributed by atoms with E-state index in [-0.39, 0.29) is 10.6 Å². The molecule has 4 heterocycles. The van der Waals surface area contributed by atoms with Crippen LogP contribution in [-0.4, -0.2) is 72.1 Å². The highest BCUT2D eigenvalue weighted by Gasteiger charge is 2.48. The summed E-state index contributed by atoms with van der Waals surface area (Å²) in [6.45, 7) is -0.215. The van der Waals surface area contributed by atoms with Crippen LogP contribution in [0.3, 0.4) is 0 Å². The van der Waals surface area contributed by atoms with Gasteiger partial charge in [0.1, 0.15) is 14.7 Å². The average Bonchev–Trinajstić information content (AvgIpc) is 3.61. The van der Waals surface area contributed by atoms with E-state index in [4.69, 9.17) is 9.68 Å². The van der Waals surface area contributed by atoms with Crippen molar-refractivity contribution in [1.29, 1.82) is 0 Å². The van der Waals surface area contributed by atoms with Crippen LogP contribution in [0.2, 0.25) is 0 Å². The molecule has 2 aromatic heterocycles. The van der Waals surface area contributed by atoms with Gasteiger partial charge in [0.15, 0.2) is 27.6 Å². The van der Waals surface area contributed by atoms with E-state index in [9.17, 15) is 52.3 Å². The Morgan fingerprint density at radius 1 is 0.800 bits per heavy atom. The molecule has 2 atom stereocenters. The molecule has 0 N–H and O–H groups in total. The smallest absolute Gasteiger partial charge is 0.417 e. The number of aromatic nitrogens is 4. The molecule has 0 spiro atoms. The van der Waals surface area contributed by atoms with Crippen molar-refractivity contribution in [1.82, 2.24) is 19.6 Å². The second-order valence-electron chi connectivity index (χ2n) is 11.3. The molecular formula is C24H26Br2F10N6O6S2. The lowest BCUT2D eigenvalue weighted by Crippen LogP contribution is -2.36. The fraction of sp³-hybridized carbons (Fsp3) is 0.667. The Morgan fingerprint density at radius 2 is 1.22 bits per heavy atom. The zero-order chi connectivity index (χ0) is 38.4. The number of rotatable bonds is 8. The molecule has 12 nitrogen and oxygen atoms in total. The highest BCUT2D eigenvalue weighted by molar-refractivity contribution is 9.10. The van der Waals surface area contributed by atoms with Gasteiger partial charge >= 0.3 is 25.6 Å². The minimum absolute atomic E-state index is 0.300. The third-order valence-corrected chi connectivity index (χ3v) is 12.9. The largest absolute Gasteiger partial charge is 0.435 e. The van der Waals surface area contributed by atoms with Crippen LogP contribution in [-0.2, 0) is 57.5 Å². The number of aryl methyl sites for hydroxylation is 2. The van der Waals surface area contributed by atoms with Crippen molar-refractivity contribution in [3.63, 3.8) is 0 Å². The van der Waals surface area contributed by atoms with Crippen molar-refractivity contribution >= 4 is 63.5 Å². The van der Waals surface area contributed by atoms with Gasteiger partial charge in [0, 0.05) is 19.8 Å². The first kappa shape index (κ1) is 41.9. The first-order valence-corrected chi connectivity index (χ1v) is 17.9. The Kier molecular flexibility index (Phi) is 12.5. The Morgan fingerprint density at radius 3 is 1.60 bits per heavy atom. The molecule has 26 heteroatoms. The van der Waals surface area contributed by atoms with Crippen LogP contribution in [0.25, 0.3) is 0 Å². The number of thioether (sulfide) groups is 1. The normalized spacial score (nSPS) is 20.2. The van der Waals surface area contributed by atoms with E-state index in [1.165, 1.54) is 13.8 Å². The summed E-state index contributed by atoms with van der Waals surface area (Å²) in [7, 11) is -2.43. The monoisotopic (exact) mass is 906 g/mol. The molecule has 50 heavy (non-hydrogen) atoms. The van der Waals surface area contributed by atoms with Crippen LogP contribution in [0.5, 0.6) is 11.8 Å². The number of hydrogen-bond acceptors (Lipinski definition) is 11. The Balaban J connectivity index is 0.000000271. The standard InChI is InChI=1S/C12H13BrF5N3O4S.C12H13BrF5N3O2S/c1-11(2)6(13)8(20-25-11)26(22,23)4-5-7(12(16,17)18)19-21(3)9(5)24-10(14)15;1-11(2)6(13)8(20-23-11)24-4-5-7(12(16,17)18)19-21(3)9(5)22-10(14)15/h6,10H,4H2,1-3H3;6,10H,4H2,1-3H3. The Labute approximate surface area is 298 Å². The summed E-state index contributed by atoms with van der Waals surface area (Å²) < 4.78 is 163. The summed E-state index contributed by atoms with van der Waals surface area (Å²) in [5.74, 6) is -3.22. The lowest BCUT2D eigenvalue weighted by Gasteiger charge is -2.19. The van der Waals surface area contributed by atoms with E-state index in [2.05, 4.69) is 61.8 Å². The van der Waals surface area contributed by atoms with Crippen LogP contribution in [0.1, 0.15) is 50.2 Å². The number of oxime groups is 2. The molecule has 0 saturated heterocycles. The molecular weight excluding hydrogens is 882 g/mol. The van der Waals surface area contributed by atoms with Gasteiger partial charge in [-0.15, -0.1) is 11.8 Å². The molecule has 0 bridgehead atoms. The van der Waals surface area contributed by atoms with Crippen molar-refractivity contribution in [3.8, 4) is 11.8 Å². The second kappa shape index (κ2) is 14.9. The van der Waals surface area contributed by atoms with Crippen molar-refractivity contribution < 1.29 is 71.5 Å². The third-order valence-electron chi connectivity index (χ3n) is 6.53. The molecule has 2 aliphatic rings. The van der Waals surface area contributed by atoms with Gasteiger partial charge in [0.05, 0.1) is 16.9 Å². The maximum Gasteiger partial charge on any atom is 0.435 e. The molecule has 0 aromatic carbocycles. The van der Waals surface area contributed by atoms with E-state index < -0.39 is 96.5 Å². The van der Waals surface area contributed by atoms with Crippen molar-refractivity contribution in [2.75, 3.05) is 0 Å². The number of sulfone groups is 1. The quantitative estimate of drug-likeness (QED) is 0.203. The molecule has 4 rings (SSSR count). The highest BCUT2D eigenvalue weighted by atomic mass is 79.9. The summed E-state index contributed by atoms with van der Waals surface area (Å²) >= 11 is 7.35. The maximum absolute atomic E-state index is 13.2. The summed E-state index contributed by atoms with van der Waals surface area (Å²) in [4.78, 5) is 8.86. The lowest BCUT2D eigenvalue weighted by atomic mass is 10.1. The van der Waals surface area contributed by atoms with Gasteiger partial charge in [-0.2, -0.15) is 54.1 Å². The first-order valence-electron chi connectivity index (χ1n) is 13.4. The third kappa shape index (κ3) is 9.49. The number of halogens is 12. The topological polar surface area (TPSA) is 131 Å². The van der Waals surface area contributed by atoms with Gasteiger partial charge in [0.25, 0.3) is 0 Å². The average molecular weight is 908 g/mol. The van der Waals surface area contributed by atoms with E-state index in [1.807, 2.05) is 0 Å². The summed E-state index contributed by atoms with van der Waals surface area (Å²) in [6.07, 6.45) is -9.87. The van der Waals surface area contributed by atoms with Crippen LogP contribution in [0.15, 0.2) is 10.3 Å². The minimum Gasteiger partial charge on any atom is -0.417 e. The van der Waals surface area contributed by atoms with E-state index in [1.54, 1.807) is 13.8 Å². The van der Waals surface area contributed by atoms with Gasteiger partial charge in [-0.25, -0.2) is 17.8 Å². The van der Waals surface area contributed by atoms with Gasteiger partial charge < -0.3 is 19.1 Å². The van der Waals surface area contributed by atoms with Crippen molar-refractivity contribution in [2.45, 2.75) is 85.6 Å². The van der Waals surface area contributed by atoms with E-state index >= 15 is 0 Å². The predicted octanol–water partition coefficient (Wildman–Crippen LogP) is 7.00. The number of hydrogen-bond donors (Lipinski definition) is 0. The second-order valence-corrected chi connectivity index (χ2v) is 16.0. The first-order chi connectivity index (χ1) is 22.6. The molecule has 284 valence electrons. The SMILES string of the molecule is Cn1nc(C(F)(F)F)c(CS(=O)(=O)C2=NOC(C)(C)C2Br)c1OC(F)F.Cn1nc(C(F)(F)F)c(CSC2=NOC(C)(C)C2Br)c1OC(F)F. The maximum atomic E-state index is 13.2. The van der Waals surface area contributed by atoms with Crippen LogP contribution >= 0.6 is 43.6 Å². The van der Waals surface area contributed by atoms with E-state index in [0.29, 0.717) is 14.4 Å². The summed E-state index contributed by atoms with van der Waals surface area (Å²) in [6, 6.07) is 0. The number of ether oxygens (including phenoxy) is 2. The zero-order valence-electron chi connectivity index (χ0n) is 26.2. The molecule has 0 radical (unpaired) electrons. The lowest BCUT2D eigenvalue weighted by molar-refractivity contribution is -0.142. The predicted molar refractivity (Wildman–Crippen MR) is 164 cm³/mol. The molecule has 0 saturated carbocycles. The highest BCUT2D eigenvalue weighted by Crippen LogP contribution is 2.41. The summed E-state index contributed by atoms with van der Waals surface area (Å²) in [5, 5.41) is 13.4. The van der Waals surface area contributed by atoms with Gasteiger partial charge in [-0.05, 0) is 27.7 Å². The zero-order valence-corrected chi connectivity index (χ0v) is 31.0. The Bertz CT molecular complexity index is 1730. The van der Waals surface area contributed by atoms with Gasteiger partial charge in [0.2, 0.25) is 21.6 Å². The van der Waals surface area contributed by atoms with Gasteiger partial charge in [-0.3, -0.25) is 0 Å². The van der Waals surface area contributed by atoms with Crippen LogP contribution in [0.4, 0.5) is 43.9 Å². The fourth-order valence-corrected chi connectivity index (χ4v) is 8.31. The summed E-state index contributed by atoms with van der Waals surface area (Å²) in [5.41, 5.74) is -6.13. The molecule has 0 fully saturated rings. The number of alkyl halides is 12. The molecule has 0 amide bonds. The Hall–Kier alpha value is -2.48. The molecule has 0 aliphatic carbocycles. The number of nitrogens with zero attached hydrogens (tertiary/aromatic N) is 6. The van der Waals surface area contributed by atoms with Gasteiger partial charge in [-0.1, -0.05) is 42.2 Å².